The molecule has 6 nitrogen and oxygen atoms in total. The molecule has 28 heavy (non-hydrogen) atoms. The third-order valence-corrected chi connectivity index (χ3v) is 4.49. The lowest BCUT2D eigenvalue weighted by molar-refractivity contribution is -0.143. The van der Waals surface area contributed by atoms with Crippen molar-refractivity contribution < 1.29 is 27.9 Å². The summed E-state index contributed by atoms with van der Waals surface area (Å²) in [6.07, 6.45) is -4.34. The second-order valence-corrected chi connectivity index (χ2v) is 6.67. The number of aromatic nitrogens is 2. The van der Waals surface area contributed by atoms with E-state index in [1.54, 1.807) is 30.3 Å². The van der Waals surface area contributed by atoms with Gasteiger partial charge in [0.25, 0.3) is 0 Å². The predicted molar refractivity (Wildman–Crippen MR) is 95.9 cm³/mol. The smallest absolute Gasteiger partial charge is 0.408 e. The number of carbonyl (C=O) groups excluding carboxylic acids is 1. The van der Waals surface area contributed by atoms with Gasteiger partial charge in [-0.15, -0.1) is 0 Å². The lowest BCUT2D eigenvalue weighted by Crippen LogP contribution is -2.44. The topological polar surface area (TPSA) is 84.2 Å². The van der Waals surface area contributed by atoms with Gasteiger partial charge >= 0.3 is 12.1 Å². The average Bonchev–Trinajstić information content (AvgIpc) is 2.86. The standard InChI is InChI=1S/C19H22F3N3O3/c1-11(16-12(2)24-25(13(16)3)10-19(20,21)22)17(26)23-15(18(27)28)9-14-7-5-4-6-8-14/h4-8,11,15H,9-10H2,1-3H3,(H,23,26)(H,27,28)/t11?,15-/m1/s1. The summed E-state index contributed by atoms with van der Waals surface area (Å²) in [6, 6.07) is 7.68. The molecular formula is C19H22F3N3O3. The van der Waals surface area contributed by atoms with Crippen LogP contribution >= 0.6 is 0 Å². The zero-order valence-electron chi connectivity index (χ0n) is 15.7. The van der Waals surface area contributed by atoms with E-state index in [0.29, 0.717) is 11.3 Å². The molecule has 1 heterocycles. The summed E-state index contributed by atoms with van der Waals surface area (Å²) in [6.45, 7) is 3.26. The summed E-state index contributed by atoms with van der Waals surface area (Å²) in [5, 5.41) is 15.8. The van der Waals surface area contributed by atoms with Crippen molar-refractivity contribution in [2.24, 2.45) is 0 Å². The number of amides is 1. The van der Waals surface area contributed by atoms with Crippen molar-refractivity contribution in [2.45, 2.75) is 51.9 Å². The molecule has 0 fully saturated rings. The van der Waals surface area contributed by atoms with E-state index in [1.165, 1.54) is 20.8 Å². The molecule has 1 aromatic heterocycles. The number of nitrogens with zero attached hydrogens (tertiary/aromatic N) is 2. The van der Waals surface area contributed by atoms with Crippen LogP contribution in [0.4, 0.5) is 13.2 Å². The Labute approximate surface area is 160 Å². The molecule has 0 aliphatic heterocycles. The highest BCUT2D eigenvalue weighted by Crippen LogP contribution is 2.26. The molecule has 2 aromatic rings. The number of aryl methyl sites for hydroxylation is 1. The van der Waals surface area contributed by atoms with Gasteiger partial charge in [-0.2, -0.15) is 18.3 Å². The number of carboxylic acid groups (broad SMARTS) is 1. The molecule has 0 aliphatic carbocycles. The highest BCUT2D eigenvalue weighted by atomic mass is 19.4. The van der Waals surface area contributed by atoms with Crippen molar-refractivity contribution in [2.75, 3.05) is 0 Å². The number of halogens is 3. The van der Waals surface area contributed by atoms with Gasteiger partial charge in [-0.1, -0.05) is 30.3 Å². The Morgan fingerprint density at radius 2 is 1.82 bits per heavy atom. The monoisotopic (exact) mass is 397 g/mol. The fraction of sp³-hybridized carbons (Fsp3) is 0.421. The first-order valence-corrected chi connectivity index (χ1v) is 8.67. The molecule has 2 rings (SSSR count). The van der Waals surface area contributed by atoms with E-state index < -0.39 is 36.6 Å². The van der Waals surface area contributed by atoms with Crippen molar-refractivity contribution in [1.29, 1.82) is 0 Å². The molecular weight excluding hydrogens is 375 g/mol. The fourth-order valence-electron chi connectivity index (χ4n) is 3.14. The normalized spacial score (nSPS) is 13.8. The van der Waals surface area contributed by atoms with Gasteiger partial charge in [0, 0.05) is 17.7 Å². The van der Waals surface area contributed by atoms with E-state index in [0.717, 1.165) is 10.2 Å². The van der Waals surface area contributed by atoms with Crippen molar-refractivity contribution >= 4 is 11.9 Å². The zero-order chi connectivity index (χ0) is 21.1. The highest BCUT2D eigenvalue weighted by molar-refractivity contribution is 5.88. The first-order valence-electron chi connectivity index (χ1n) is 8.67. The molecule has 1 amide bonds. The Hall–Kier alpha value is -2.84. The summed E-state index contributed by atoms with van der Waals surface area (Å²) >= 11 is 0. The summed E-state index contributed by atoms with van der Waals surface area (Å²) in [7, 11) is 0. The lowest BCUT2D eigenvalue weighted by Gasteiger charge is -2.18. The van der Waals surface area contributed by atoms with Crippen LogP contribution in [0.15, 0.2) is 30.3 Å². The van der Waals surface area contributed by atoms with Gasteiger partial charge in [-0.05, 0) is 26.3 Å². The first-order chi connectivity index (χ1) is 13.0. The van der Waals surface area contributed by atoms with Crippen LogP contribution in [0, 0.1) is 13.8 Å². The molecule has 2 N–H and O–H groups in total. The molecule has 0 saturated heterocycles. The molecule has 0 saturated carbocycles. The number of hydrogen-bond donors (Lipinski definition) is 2. The van der Waals surface area contributed by atoms with Crippen molar-refractivity contribution in [3.63, 3.8) is 0 Å². The zero-order valence-corrected chi connectivity index (χ0v) is 15.7. The van der Waals surface area contributed by atoms with E-state index in [4.69, 9.17) is 0 Å². The molecule has 0 bridgehead atoms. The quantitative estimate of drug-likeness (QED) is 0.752. The van der Waals surface area contributed by atoms with Crippen LogP contribution in [0.25, 0.3) is 0 Å². The molecule has 0 spiro atoms. The van der Waals surface area contributed by atoms with Crippen LogP contribution < -0.4 is 5.32 Å². The Balaban J connectivity index is 2.18. The van der Waals surface area contributed by atoms with Gasteiger partial charge < -0.3 is 10.4 Å². The second-order valence-electron chi connectivity index (χ2n) is 6.67. The van der Waals surface area contributed by atoms with Crippen molar-refractivity contribution in [1.82, 2.24) is 15.1 Å². The fourth-order valence-corrected chi connectivity index (χ4v) is 3.14. The number of alkyl halides is 3. The van der Waals surface area contributed by atoms with Crippen molar-refractivity contribution in [3.05, 3.63) is 52.8 Å². The maximum absolute atomic E-state index is 12.7. The first kappa shape index (κ1) is 21.5. The Morgan fingerprint density at radius 1 is 1.21 bits per heavy atom. The van der Waals surface area contributed by atoms with E-state index in [2.05, 4.69) is 10.4 Å². The maximum Gasteiger partial charge on any atom is 0.408 e. The SMILES string of the molecule is Cc1nn(CC(F)(F)F)c(C)c1C(C)C(=O)N[C@H](Cc1ccccc1)C(=O)O. The van der Waals surface area contributed by atoms with Crippen LogP contribution in [-0.4, -0.2) is 39.0 Å². The summed E-state index contributed by atoms with van der Waals surface area (Å²) in [5.74, 6) is -2.62. The van der Waals surface area contributed by atoms with Crippen LogP contribution in [0.1, 0.15) is 35.4 Å². The number of hydrogen-bond acceptors (Lipinski definition) is 3. The lowest BCUT2D eigenvalue weighted by atomic mass is 9.97. The third-order valence-electron chi connectivity index (χ3n) is 4.49. The number of carboxylic acids is 1. The van der Waals surface area contributed by atoms with Gasteiger partial charge in [0.05, 0.1) is 11.6 Å². The predicted octanol–water partition coefficient (Wildman–Crippen LogP) is 2.98. The number of nitrogens with one attached hydrogen (secondary N) is 1. The number of aliphatic carboxylic acids is 1. The van der Waals surface area contributed by atoms with Crippen molar-refractivity contribution in [3.8, 4) is 0 Å². The minimum Gasteiger partial charge on any atom is -0.480 e. The number of rotatable bonds is 7. The average molecular weight is 397 g/mol. The third kappa shape index (κ3) is 5.34. The van der Waals surface area contributed by atoms with E-state index in [-0.39, 0.29) is 12.1 Å². The summed E-state index contributed by atoms with van der Waals surface area (Å²) in [4.78, 5) is 24.2. The van der Waals surface area contributed by atoms with Gasteiger partial charge in [0.1, 0.15) is 12.6 Å². The molecule has 2 atom stereocenters. The molecule has 0 aliphatic rings. The van der Waals surface area contributed by atoms with Crippen LogP contribution in [0.5, 0.6) is 0 Å². The van der Waals surface area contributed by atoms with Gasteiger partial charge in [0.15, 0.2) is 0 Å². The Bertz CT molecular complexity index is 847. The molecule has 1 unspecified atom stereocenters. The second kappa shape index (κ2) is 8.45. The summed E-state index contributed by atoms with van der Waals surface area (Å²) in [5.41, 5.74) is 1.64. The van der Waals surface area contributed by atoms with Gasteiger partial charge in [-0.25, -0.2) is 4.79 Å². The molecule has 0 radical (unpaired) electrons. The van der Waals surface area contributed by atoms with Gasteiger partial charge in [-0.3, -0.25) is 9.48 Å². The highest BCUT2D eigenvalue weighted by Gasteiger charge is 2.32. The van der Waals surface area contributed by atoms with E-state index in [9.17, 15) is 27.9 Å². The van der Waals surface area contributed by atoms with Crippen LogP contribution in [0.2, 0.25) is 0 Å². The van der Waals surface area contributed by atoms with Crippen LogP contribution in [0.3, 0.4) is 0 Å². The van der Waals surface area contributed by atoms with E-state index >= 15 is 0 Å². The molecule has 152 valence electrons. The van der Waals surface area contributed by atoms with E-state index in [1.807, 2.05) is 0 Å². The number of benzene rings is 1. The van der Waals surface area contributed by atoms with Crippen LogP contribution in [-0.2, 0) is 22.6 Å². The minimum absolute atomic E-state index is 0.0972. The van der Waals surface area contributed by atoms with Gasteiger partial charge in [0.2, 0.25) is 5.91 Å². The summed E-state index contributed by atoms with van der Waals surface area (Å²) < 4.78 is 38.9. The Morgan fingerprint density at radius 3 is 2.36 bits per heavy atom. The largest absolute Gasteiger partial charge is 0.480 e. The minimum atomic E-state index is -4.43. The Kier molecular flexibility index (Phi) is 6.48. The molecule has 1 aromatic carbocycles. The number of carbonyl (C=O) groups is 2. The molecule has 9 heteroatoms. The maximum atomic E-state index is 12.7.